The smallest absolute Gasteiger partial charge is 0.335 e. The van der Waals surface area contributed by atoms with Crippen LogP contribution in [-0.4, -0.2) is 30.4 Å². The molecule has 0 saturated carbocycles. The average molecular weight is 582 g/mol. The average Bonchev–Trinajstić information content (AvgIpc) is 3.00. The van der Waals surface area contributed by atoms with Gasteiger partial charge in [0.2, 0.25) is 0 Å². The molecule has 0 aromatic heterocycles. The fourth-order valence-corrected chi connectivity index (χ4v) is 4.16. The fourth-order valence-electron chi connectivity index (χ4n) is 4.03. The largest absolute Gasteiger partial charge is 0.489 e. The highest BCUT2D eigenvalue weighted by atomic mass is 35.5. The molecule has 0 aliphatic carbocycles. The highest BCUT2D eigenvalue weighted by molar-refractivity contribution is 6.39. The number of amides is 5. The molecule has 9 nitrogen and oxygen atoms in total. The van der Waals surface area contributed by atoms with Gasteiger partial charge in [-0.15, -0.1) is 0 Å². The van der Waals surface area contributed by atoms with Crippen LogP contribution >= 0.6 is 11.6 Å². The Bertz CT molecular complexity index is 1640. The second-order valence-corrected chi connectivity index (χ2v) is 9.58. The van der Waals surface area contributed by atoms with Crippen molar-refractivity contribution >= 4 is 52.8 Å². The third-order valence-electron chi connectivity index (χ3n) is 6.13. The summed E-state index contributed by atoms with van der Waals surface area (Å²) in [5, 5.41) is 5.47. The Balaban J connectivity index is 1.21. The van der Waals surface area contributed by atoms with Gasteiger partial charge in [-0.05, 0) is 77.9 Å². The lowest BCUT2D eigenvalue weighted by Gasteiger charge is -2.26. The van der Waals surface area contributed by atoms with Crippen LogP contribution in [0.2, 0.25) is 5.02 Å². The van der Waals surface area contributed by atoms with Crippen molar-refractivity contribution in [2.75, 3.05) is 16.8 Å². The van der Waals surface area contributed by atoms with Gasteiger partial charge in [0.25, 0.3) is 17.7 Å². The van der Waals surface area contributed by atoms with E-state index in [0.717, 1.165) is 10.5 Å². The van der Waals surface area contributed by atoms with E-state index in [2.05, 4.69) is 10.6 Å². The fraction of sp³-hybridized carbons (Fsp3) is 0.0625. The zero-order chi connectivity index (χ0) is 29.5. The van der Waals surface area contributed by atoms with Crippen LogP contribution in [-0.2, 0) is 21.0 Å². The Morgan fingerprint density at radius 2 is 1.45 bits per heavy atom. The first kappa shape index (κ1) is 28.1. The quantitative estimate of drug-likeness (QED) is 0.196. The van der Waals surface area contributed by atoms with E-state index in [1.54, 1.807) is 72.8 Å². The molecule has 10 heteroatoms. The van der Waals surface area contributed by atoms with Gasteiger partial charge in [-0.3, -0.25) is 19.7 Å². The van der Waals surface area contributed by atoms with E-state index in [0.29, 0.717) is 34.4 Å². The summed E-state index contributed by atoms with van der Waals surface area (Å²) in [4.78, 5) is 51.4. The molecule has 0 spiro atoms. The third kappa shape index (κ3) is 7.01. The number of carbonyl (C=O) groups is 4. The molecule has 0 atom stereocenters. The Hall–Kier alpha value is -5.41. The molecule has 1 heterocycles. The number of urea groups is 1. The number of hydrogen-bond donors (Lipinski definition) is 2. The minimum atomic E-state index is -0.847. The number of benzene rings is 4. The van der Waals surface area contributed by atoms with E-state index in [1.807, 2.05) is 30.3 Å². The maximum atomic E-state index is 13.2. The van der Waals surface area contributed by atoms with Gasteiger partial charge in [0.15, 0.2) is 6.61 Å². The van der Waals surface area contributed by atoms with E-state index < -0.39 is 17.8 Å². The van der Waals surface area contributed by atoms with Crippen molar-refractivity contribution in [1.82, 2.24) is 5.32 Å². The molecule has 2 N–H and O–H groups in total. The van der Waals surface area contributed by atoms with E-state index >= 15 is 0 Å². The van der Waals surface area contributed by atoms with Crippen LogP contribution in [0.5, 0.6) is 11.5 Å². The highest BCUT2D eigenvalue weighted by Crippen LogP contribution is 2.25. The van der Waals surface area contributed by atoms with Crippen LogP contribution in [0.25, 0.3) is 6.08 Å². The van der Waals surface area contributed by atoms with Crippen molar-refractivity contribution < 1.29 is 28.7 Å². The van der Waals surface area contributed by atoms with Crippen LogP contribution in [0.1, 0.15) is 11.1 Å². The monoisotopic (exact) mass is 581 g/mol. The zero-order valence-corrected chi connectivity index (χ0v) is 22.8. The van der Waals surface area contributed by atoms with Crippen molar-refractivity contribution in [3.05, 3.63) is 125 Å². The number of carbonyl (C=O) groups excluding carboxylic acids is 4. The van der Waals surface area contributed by atoms with Gasteiger partial charge in [-0.1, -0.05) is 54.1 Å². The summed E-state index contributed by atoms with van der Waals surface area (Å²) >= 11 is 5.85. The highest BCUT2D eigenvalue weighted by Gasteiger charge is 2.36. The van der Waals surface area contributed by atoms with E-state index in [4.69, 9.17) is 21.1 Å². The number of halogens is 1. The first-order chi connectivity index (χ1) is 20.4. The second-order valence-electron chi connectivity index (χ2n) is 9.14. The van der Waals surface area contributed by atoms with Crippen LogP contribution in [0.15, 0.2) is 109 Å². The van der Waals surface area contributed by atoms with Crippen molar-refractivity contribution in [2.24, 2.45) is 0 Å². The van der Waals surface area contributed by atoms with E-state index in [9.17, 15) is 19.2 Å². The number of imide groups is 2. The standard InChI is InChI=1S/C32H24ClN3O6/c33-23-8-10-24(11-9-23)34-29(37)20-42-26-14-6-21(7-15-26)18-28-30(38)35-32(40)36(31(28)39)25-12-16-27(17-13-25)41-19-22-4-2-1-3-5-22/h1-18H,19-20H2,(H,34,37)(H,35,38,40)/b28-18+. The SMILES string of the molecule is O=C(COc1ccc(/C=C2\C(=O)NC(=O)N(c3ccc(OCc4ccccc4)cc3)C2=O)cc1)Nc1ccc(Cl)cc1. The molecule has 1 saturated heterocycles. The van der Waals surface area contributed by atoms with Gasteiger partial charge in [0.1, 0.15) is 23.7 Å². The molecule has 1 aliphatic heterocycles. The maximum Gasteiger partial charge on any atom is 0.335 e. The predicted octanol–water partition coefficient (Wildman–Crippen LogP) is 5.60. The maximum absolute atomic E-state index is 13.2. The van der Waals surface area contributed by atoms with Gasteiger partial charge >= 0.3 is 6.03 Å². The Morgan fingerprint density at radius 3 is 2.14 bits per heavy atom. The minimum absolute atomic E-state index is 0.213. The summed E-state index contributed by atoms with van der Waals surface area (Å²) in [5.74, 6) is -0.948. The molecule has 4 aromatic rings. The first-order valence-corrected chi connectivity index (χ1v) is 13.2. The molecule has 5 rings (SSSR count). The van der Waals surface area contributed by atoms with Crippen molar-refractivity contribution in [3.63, 3.8) is 0 Å². The molecule has 0 bridgehead atoms. The minimum Gasteiger partial charge on any atom is -0.489 e. The normalized spacial score (nSPS) is 14.0. The van der Waals surface area contributed by atoms with Gasteiger partial charge in [-0.25, -0.2) is 9.69 Å². The second kappa shape index (κ2) is 12.8. The van der Waals surface area contributed by atoms with Crippen molar-refractivity contribution in [3.8, 4) is 11.5 Å². The summed E-state index contributed by atoms with van der Waals surface area (Å²) in [6.07, 6.45) is 1.38. The van der Waals surface area contributed by atoms with Crippen molar-refractivity contribution in [2.45, 2.75) is 6.61 Å². The number of nitrogens with zero attached hydrogens (tertiary/aromatic N) is 1. The summed E-state index contributed by atoms with van der Waals surface area (Å²) < 4.78 is 11.3. The molecule has 4 aromatic carbocycles. The molecule has 210 valence electrons. The Labute approximate surface area is 246 Å². The van der Waals surface area contributed by atoms with Gasteiger partial charge in [-0.2, -0.15) is 0 Å². The van der Waals surface area contributed by atoms with Crippen LogP contribution in [0, 0.1) is 0 Å². The Kier molecular flexibility index (Phi) is 8.60. The summed E-state index contributed by atoms with van der Waals surface area (Å²) in [5.41, 5.74) is 2.17. The lowest BCUT2D eigenvalue weighted by atomic mass is 10.1. The van der Waals surface area contributed by atoms with E-state index in [1.165, 1.54) is 6.08 Å². The Morgan fingerprint density at radius 1 is 0.810 bits per heavy atom. The molecule has 0 unspecified atom stereocenters. The van der Waals surface area contributed by atoms with Gasteiger partial charge < -0.3 is 14.8 Å². The number of hydrogen-bond acceptors (Lipinski definition) is 6. The molecule has 5 amide bonds. The lowest BCUT2D eigenvalue weighted by molar-refractivity contribution is -0.122. The lowest BCUT2D eigenvalue weighted by Crippen LogP contribution is -2.54. The molecular formula is C32H24ClN3O6. The number of ether oxygens (including phenoxy) is 2. The summed E-state index contributed by atoms with van der Waals surface area (Å²) in [7, 11) is 0. The van der Waals surface area contributed by atoms with E-state index in [-0.39, 0.29) is 23.8 Å². The third-order valence-corrected chi connectivity index (χ3v) is 6.39. The molecule has 1 aliphatic rings. The number of rotatable bonds is 9. The van der Waals surface area contributed by atoms with Crippen LogP contribution in [0.4, 0.5) is 16.2 Å². The molecule has 0 radical (unpaired) electrons. The molecular weight excluding hydrogens is 558 g/mol. The number of barbiturate groups is 1. The van der Waals surface area contributed by atoms with Crippen LogP contribution in [0.3, 0.4) is 0 Å². The van der Waals surface area contributed by atoms with Gasteiger partial charge in [0.05, 0.1) is 5.69 Å². The topological polar surface area (TPSA) is 114 Å². The van der Waals surface area contributed by atoms with Crippen molar-refractivity contribution in [1.29, 1.82) is 0 Å². The zero-order valence-electron chi connectivity index (χ0n) is 22.1. The number of nitrogens with one attached hydrogen (secondary N) is 2. The molecule has 1 fully saturated rings. The summed E-state index contributed by atoms with van der Waals surface area (Å²) in [6, 6.07) is 28.4. The van der Waals surface area contributed by atoms with Gasteiger partial charge in [0, 0.05) is 10.7 Å². The first-order valence-electron chi connectivity index (χ1n) is 12.8. The van der Waals surface area contributed by atoms with Crippen LogP contribution < -0.4 is 25.0 Å². The predicted molar refractivity (Wildman–Crippen MR) is 158 cm³/mol. The summed E-state index contributed by atoms with van der Waals surface area (Å²) in [6.45, 7) is 0.141. The molecule has 42 heavy (non-hydrogen) atoms. The number of anilines is 2.